The number of ether oxygens (including phenoxy) is 3. The van der Waals surface area contributed by atoms with Crippen LogP contribution in [0.25, 0.3) is 0 Å². The van der Waals surface area contributed by atoms with Gasteiger partial charge in [-0.25, -0.2) is 0 Å². The second kappa shape index (κ2) is 5.30. The summed E-state index contributed by atoms with van der Waals surface area (Å²) in [4.78, 5) is 13.7. The Morgan fingerprint density at radius 3 is 3.05 bits per heavy atom. The van der Waals surface area contributed by atoms with Gasteiger partial charge in [-0.15, -0.1) is 0 Å². The SMILES string of the molecule is COC(=O)C1CC(O)CN1Cc1ccc2c(c1)OCO2. The highest BCUT2D eigenvalue weighted by Crippen LogP contribution is 2.33. The zero-order valence-corrected chi connectivity index (χ0v) is 11.2. The molecule has 6 heteroatoms. The summed E-state index contributed by atoms with van der Waals surface area (Å²) in [5, 5.41) is 9.75. The lowest BCUT2D eigenvalue weighted by atomic mass is 10.1. The molecule has 1 saturated heterocycles. The van der Waals surface area contributed by atoms with Crippen LogP contribution in [-0.4, -0.2) is 48.6 Å². The largest absolute Gasteiger partial charge is 0.468 e. The lowest BCUT2D eigenvalue weighted by Crippen LogP contribution is -2.36. The van der Waals surface area contributed by atoms with Crippen molar-refractivity contribution in [1.82, 2.24) is 4.90 Å². The van der Waals surface area contributed by atoms with Crippen LogP contribution in [0, 0.1) is 0 Å². The molecule has 1 aromatic rings. The van der Waals surface area contributed by atoms with Crippen molar-refractivity contribution in [2.24, 2.45) is 0 Å². The van der Waals surface area contributed by atoms with Gasteiger partial charge in [0.25, 0.3) is 0 Å². The van der Waals surface area contributed by atoms with Gasteiger partial charge < -0.3 is 19.3 Å². The molecule has 0 amide bonds. The number of likely N-dealkylation sites (tertiary alicyclic amines) is 1. The fourth-order valence-electron chi connectivity index (χ4n) is 2.71. The van der Waals surface area contributed by atoms with Gasteiger partial charge in [-0.1, -0.05) is 6.07 Å². The number of methoxy groups -OCH3 is 1. The van der Waals surface area contributed by atoms with Crippen LogP contribution in [0.3, 0.4) is 0 Å². The van der Waals surface area contributed by atoms with Gasteiger partial charge in [0.15, 0.2) is 11.5 Å². The third-order valence-electron chi connectivity index (χ3n) is 3.68. The van der Waals surface area contributed by atoms with Crippen LogP contribution in [0.4, 0.5) is 0 Å². The van der Waals surface area contributed by atoms with Crippen LogP contribution in [0.1, 0.15) is 12.0 Å². The van der Waals surface area contributed by atoms with Gasteiger partial charge in [0, 0.05) is 19.5 Å². The van der Waals surface area contributed by atoms with E-state index in [-0.39, 0.29) is 18.8 Å². The van der Waals surface area contributed by atoms with Crippen molar-refractivity contribution < 1.29 is 24.1 Å². The first kappa shape index (κ1) is 13.2. The quantitative estimate of drug-likeness (QED) is 0.814. The molecule has 0 bridgehead atoms. The van der Waals surface area contributed by atoms with E-state index in [2.05, 4.69) is 0 Å². The highest BCUT2D eigenvalue weighted by atomic mass is 16.7. The Kier molecular flexibility index (Phi) is 3.50. The van der Waals surface area contributed by atoms with E-state index < -0.39 is 6.10 Å². The number of aliphatic hydroxyl groups excluding tert-OH is 1. The number of hydrogen-bond acceptors (Lipinski definition) is 6. The number of esters is 1. The van der Waals surface area contributed by atoms with E-state index in [0.29, 0.717) is 19.5 Å². The van der Waals surface area contributed by atoms with Crippen molar-refractivity contribution in [2.45, 2.75) is 25.1 Å². The second-order valence-corrected chi connectivity index (χ2v) is 5.05. The van der Waals surface area contributed by atoms with Gasteiger partial charge in [0.1, 0.15) is 6.04 Å². The van der Waals surface area contributed by atoms with Gasteiger partial charge in [0.05, 0.1) is 13.2 Å². The second-order valence-electron chi connectivity index (χ2n) is 5.05. The number of hydrogen-bond donors (Lipinski definition) is 1. The zero-order valence-electron chi connectivity index (χ0n) is 11.2. The normalized spacial score (nSPS) is 24.9. The number of β-amino-alcohol motifs (C(OH)–C–C–N with tert-alkyl or cyclic N) is 1. The fraction of sp³-hybridized carbons (Fsp3) is 0.500. The monoisotopic (exact) mass is 279 g/mol. The van der Waals surface area contributed by atoms with Crippen LogP contribution >= 0.6 is 0 Å². The smallest absolute Gasteiger partial charge is 0.323 e. The molecule has 0 radical (unpaired) electrons. The molecule has 2 aliphatic rings. The van der Waals surface area contributed by atoms with Crippen molar-refractivity contribution >= 4 is 5.97 Å². The van der Waals surface area contributed by atoms with Crippen molar-refractivity contribution in [3.8, 4) is 11.5 Å². The molecule has 1 fully saturated rings. The summed E-state index contributed by atoms with van der Waals surface area (Å²) in [5.41, 5.74) is 1.01. The lowest BCUT2D eigenvalue weighted by molar-refractivity contribution is -0.146. The molecule has 0 aliphatic carbocycles. The number of carbonyl (C=O) groups excluding carboxylic acids is 1. The first-order valence-electron chi connectivity index (χ1n) is 6.56. The minimum Gasteiger partial charge on any atom is -0.468 e. The highest BCUT2D eigenvalue weighted by Gasteiger charge is 2.36. The molecule has 2 heterocycles. The molecule has 1 aromatic carbocycles. The standard InChI is InChI=1S/C14H17NO5/c1-18-14(17)11-5-10(16)7-15(11)6-9-2-3-12-13(4-9)20-8-19-12/h2-4,10-11,16H,5-8H2,1H3. The van der Waals surface area contributed by atoms with Crippen LogP contribution in [0.5, 0.6) is 11.5 Å². The van der Waals surface area contributed by atoms with E-state index in [1.54, 1.807) is 0 Å². The Bertz CT molecular complexity index is 518. The molecule has 108 valence electrons. The summed E-state index contributed by atoms with van der Waals surface area (Å²) in [6.45, 7) is 1.27. The van der Waals surface area contributed by atoms with Crippen molar-refractivity contribution in [3.63, 3.8) is 0 Å². The first-order chi connectivity index (χ1) is 9.67. The molecule has 2 unspecified atom stereocenters. The summed E-state index contributed by atoms with van der Waals surface area (Å²) in [7, 11) is 1.37. The van der Waals surface area contributed by atoms with Crippen molar-refractivity contribution in [1.29, 1.82) is 0 Å². The van der Waals surface area contributed by atoms with Crippen molar-refractivity contribution in [3.05, 3.63) is 23.8 Å². The molecule has 1 N–H and O–H groups in total. The number of nitrogens with zero attached hydrogens (tertiary/aromatic N) is 1. The third kappa shape index (κ3) is 2.44. The maximum absolute atomic E-state index is 11.7. The van der Waals surface area contributed by atoms with Crippen LogP contribution in [-0.2, 0) is 16.1 Å². The number of fused-ring (bicyclic) bond motifs is 1. The predicted octanol–water partition coefficient (Wildman–Crippen LogP) is 0.523. The summed E-state index contributed by atoms with van der Waals surface area (Å²) in [6, 6.07) is 5.31. The van der Waals surface area contributed by atoms with Gasteiger partial charge in [-0.05, 0) is 17.7 Å². The first-order valence-corrected chi connectivity index (χ1v) is 6.56. The molecule has 3 rings (SSSR count). The molecule has 0 aromatic heterocycles. The fourth-order valence-corrected chi connectivity index (χ4v) is 2.71. The number of benzene rings is 1. The Balaban J connectivity index is 1.74. The van der Waals surface area contributed by atoms with Crippen LogP contribution in [0.15, 0.2) is 18.2 Å². The molecular formula is C14H17NO5. The average Bonchev–Trinajstić information content (AvgIpc) is 3.04. The number of aliphatic hydroxyl groups is 1. The average molecular weight is 279 g/mol. The van der Waals surface area contributed by atoms with E-state index in [9.17, 15) is 9.90 Å². The van der Waals surface area contributed by atoms with E-state index >= 15 is 0 Å². The van der Waals surface area contributed by atoms with E-state index in [0.717, 1.165) is 17.1 Å². The van der Waals surface area contributed by atoms with Gasteiger partial charge >= 0.3 is 5.97 Å². The van der Waals surface area contributed by atoms with E-state index in [4.69, 9.17) is 14.2 Å². The molecule has 2 atom stereocenters. The van der Waals surface area contributed by atoms with Gasteiger partial charge in [-0.3, -0.25) is 9.69 Å². The van der Waals surface area contributed by atoms with Crippen LogP contribution < -0.4 is 9.47 Å². The van der Waals surface area contributed by atoms with E-state index in [1.165, 1.54) is 7.11 Å². The summed E-state index contributed by atoms with van der Waals surface area (Å²) < 4.78 is 15.4. The van der Waals surface area contributed by atoms with Crippen molar-refractivity contribution in [2.75, 3.05) is 20.4 Å². The zero-order chi connectivity index (χ0) is 14.1. The molecule has 6 nitrogen and oxygen atoms in total. The van der Waals surface area contributed by atoms with Crippen LogP contribution in [0.2, 0.25) is 0 Å². The van der Waals surface area contributed by atoms with E-state index in [1.807, 2.05) is 23.1 Å². The maximum Gasteiger partial charge on any atom is 0.323 e. The molecule has 2 aliphatic heterocycles. The summed E-state index contributed by atoms with van der Waals surface area (Å²) in [5.74, 6) is 1.15. The Hall–Kier alpha value is -1.79. The maximum atomic E-state index is 11.7. The molecular weight excluding hydrogens is 262 g/mol. The Morgan fingerprint density at radius 1 is 1.45 bits per heavy atom. The Labute approximate surface area is 116 Å². The molecule has 0 spiro atoms. The summed E-state index contributed by atoms with van der Waals surface area (Å²) in [6.07, 6.45) is -0.0786. The third-order valence-corrected chi connectivity index (χ3v) is 3.68. The topological polar surface area (TPSA) is 68.2 Å². The van der Waals surface area contributed by atoms with Gasteiger partial charge in [-0.2, -0.15) is 0 Å². The minimum atomic E-state index is -0.492. The predicted molar refractivity (Wildman–Crippen MR) is 69.4 cm³/mol. The minimum absolute atomic E-state index is 0.242. The Morgan fingerprint density at radius 2 is 2.25 bits per heavy atom. The lowest BCUT2D eigenvalue weighted by Gasteiger charge is -2.22. The number of rotatable bonds is 3. The highest BCUT2D eigenvalue weighted by molar-refractivity contribution is 5.76. The summed E-state index contributed by atoms with van der Waals surface area (Å²) >= 11 is 0. The number of carbonyl (C=O) groups is 1. The molecule has 20 heavy (non-hydrogen) atoms. The van der Waals surface area contributed by atoms with Gasteiger partial charge in [0.2, 0.25) is 6.79 Å². The molecule has 0 saturated carbocycles.